The molecule has 0 saturated carbocycles. The Kier molecular flexibility index (Phi) is 3.68. The van der Waals surface area contributed by atoms with Gasteiger partial charge in [0.15, 0.2) is 0 Å². The molecule has 2 rings (SSSR count). The summed E-state index contributed by atoms with van der Waals surface area (Å²) in [4.78, 5) is 1.45. The Balaban J connectivity index is 2.08. The SMILES string of the molecule is BrCC1(Cc2ccc(Br)s2)CCOC1. The Morgan fingerprint density at radius 1 is 1.50 bits per heavy atom. The molecule has 1 unspecified atom stereocenters. The van der Waals surface area contributed by atoms with Gasteiger partial charge in [0.05, 0.1) is 10.4 Å². The van der Waals surface area contributed by atoms with Crippen molar-refractivity contribution in [2.24, 2.45) is 5.41 Å². The zero-order chi connectivity index (χ0) is 10.0. The topological polar surface area (TPSA) is 9.23 Å². The third kappa shape index (κ3) is 2.40. The second kappa shape index (κ2) is 4.64. The van der Waals surface area contributed by atoms with E-state index in [1.807, 2.05) is 11.3 Å². The van der Waals surface area contributed by atoms with Crippen molar-refractivity contribution in [3.8, 4) is 0 Å². The second-order valence-corrected chi connectivity index (χ2v) is 6.93. The molecule has 2 heterocycles. The number of hydrogen-bond acceptors (Lipinski definition) is 2. The Morgan fingerprint density at radius 3 is 2.86 bits per heavy atom. The van der Waals surface area contributed by atoms with E-state index < -0.39 is 0 Å². The van der Waals surface area contributed by atoms with Gasteiger partial charge in [0.2, 0.25) is 0 Å². The highest BCUT2D eigenvalue weighted by Crippen LogP contribution is 2.37. The molecule has 4 heteroatoms. The monoisotopic (exact) mass is 338 g/mol. The van der Waals surface area contributed by atoms with Crippen molar-refractivity contribution in [1.29, 1.82) is 0 Å². The Labute approximate surface area is 105 Å². The molecule has 0 aliphatic carbocycles. The Bertz CT molecular complexity index is 305. The number of rotatable bonds is 3. The zero-order valence-corrected chi connectivity index (χ0v) is 11.8. The van der Waals surface area contributed by atoms with Crippen LogP contribution in [0.15, 0.2) is 15.9 Å². The Hall–Kier alpha value is 0.620. The van der Waals surface area contributed by atoms with Crippen LogP contribution in [0.5, 0.6) is 0 Å². The maximum Gasteiger partial charge on any atom is 0.0701 e. The van der Waals surface area contributed by atoms with E-state index in [0.717, 1.165) is 25.0 Å². The van der Waals surface area contributed by atoms with Crippen LogP contribution >= 0.6 is 43.2 Å². The summed E-state index contributed by atoms with van der Waals surface area (Å²) in [5, 5.41) is 1.04. The van der Waals surface area contributed by atoms with Crippen molar-refractivity contribution < 1.29 is 4.74 Å². The first kappa shape index (κ1) is 11.1. The summed E-state index contributed by atoms with van der Waals surface area (Å²) in [6.07, 6.45) is 2.31. The van der Waals surface area contributed by atoms with Crippen molar-refractivity contribution in [1.82, 2.24) is 0 Å². The lowest BCUT2D eigenvalue weighted by molar-refractivity contribution is 0.162. The molecule has 1 aromatic heterocycles. The largest absolute Gasteiger partial charge is 0.381 e. The van der Waals surface area contributed by atoms with Crippen LogP contribution in [-0.2, 0) is 11.2 Å². The third-order valence-corrected chi connectivity index (χ3v) is 5.46. The highest BCUT2D eigenvalue weighted by atomic mass is 79.9. The normalized spacial score (nSPS) is 27.0. The molecule has 1 saturated heterocycles. The molecule has 0 N–H and O–H groups in total. The van der Waals surface area contributed by atoms with Gasteiger partial charge in [-0.25, -0.2) is 0 Å². The van der Waals surface area contributed by atoms with E-state index >= 15 is 0 Å². The lowest BCUT2D eigenvalue weighted by Crippen LogP contribution is -2.25. The fraction of sp³-hybridized carbons (Fsp3) is 0.600. The molecule has 0 amide bonds. The second-order valence-electron chi connectivity index (χ2n) is 3.82. The van der Waals surface area contributed by atoms with Gasteiger partial charge in [0.25, 0.3) is 0 Å². The van der Waals surface area contributed by atoms with E-state index in [1.54, 1.807) is 0 Å². The third-order valence-electron chi connectivity index (χ3n) is 2.65. The first-order valence-corrected chi connectivity index (χ1v) is 7.35. The predicted octanol–water partition coefficient (Wildman–Crippen LogP) is 3.85. The first-order valence-electron chi connectivity index (χ1n) is 4.62. The van der Waals surface area contributed by atoms with Gasteiger partial charge < -0.3 is 4.74 Å². The average molecular weight is 340 g/mol. The van der Waals surface area contributed by atoms with Gasteiger partial charge in [-0.05, 0) is 40.9 Å². The summed E-state index contributed by atoms with van der Waals surface area (Å²) in [6.45, 7) is 1.81. The van der Waals surface area contributed by atoms with Crippen LogP contribution in [0.2, 0.25) is 0 Å². The van der Waals surface area contributed by atoms with Crippen LogP contribution in [0.25, 0.3) is 0 Å². The molecule has 1 nitrogen and oxygen atoms in total. The van der Waals surface area contributed by atoms with Gasteiger partial charge in [-0.1, -0.05) is 15.9 Å². The summed E-state index contributed by atoms with van der Waals surface area (Å²) in [6, 6.07) is 4.33. The van der Waals surface area contributed by atoms with Gasteiger partial charge in [-0.3, -0.25) is 0 Å². The lowest BCUT2D eigenvalue weighted by atomic mass is 9.86. The maximum absolute atomic E-state index is 5.49. The molecule has 0 spiro atoms. The molecule has 1 aromatic rings. The quantitative estimate of drug-likeness (QED) is 0.760. The van der Waals surface area contributed by atoms with E-state index in [-0.39, 0.29) is 0 Å². The van der Waals surface area contributed by atoms with Crippen LogP contribution in [0.3, 0.4) is 0 Å². The minimum atomic E-state index is 0.338. The van der Waals surface area contributed by atoms with E-state index in [9.17, 15) is 0 Å². The number of halogens is 2. The van der Waals surface area contributed by atoms with Crippen LogP contribution in [-0.4, -0.2) is 18.5 Å². The number of thiophene rings is 1. The average Bonchev–Trinajstić information content (AvgIpc) is 2.77. The molecule has 1 atom stereocenters. The first-order chi connectivity index (χ1) is 6.74. The summed E-state index contributed by atoms with van der Waals surface area (Å²) in [7, 11) is 0. The molecule has 1 aliphatic heterocycles. The van der Waals surface area contributed by atoms with E-state index in [1.165, 1.54) is 15.1 Å². The maximum atomic E-state index is 5.49. The van der Waals surface area contributed by atoms with Gasteiger partial charge >= 0.3 is 0 Å². The standard InChI is InChI=1S/C10H12Br2OS/c11-6-10(3-4-13-7-10)5-8-1-2-9(12)14-8/h1-2H,3-7H2. The zero-order valence-electron chi connectivity index (χ0n) is 7.76. The van der Waals surface area contributed by atoms with Crippen molar-refractivity contribution in [3.05, 3.63) is 20.8 Å². The summed E-state index contributed by atoms with van der Waals surface area (Å²) < 4.78 is 6.71. The number of hydrogen-bond donors (Lipinski definition) is 0. The Morgan fingerprint density at radius 2 is 2.36 bits per heavy atom. The van der Waals surface area contributed by atoms with Gasteiger partial charge in [-0.2, -0.15) is 0 Å². The minimum Gasteiger partial charge on any atom is -0.381 e. The predicted molar refractivity (Wildman–Crippen MR) is 67.4 cm³/mol. The van der Waals surface area contributed by atoms with Crippen molar-refractivity contribution in [2.75, 3.05) is 18.5 Å². The summed E-state index contributed by atoms with van der Waals surface area (Å²) >= 11 is 8.94. The van der Waals surface area contributed by atoms with Gasteiger partial charge in [0, 0.05) is 22.2 Å². The molecule has 0 radical (unpaired) electrons. The van der Waals surface area contributed by atoms with Crippen molar-refractivity contribution in [3.63, 3.8) is 0 Å². The van der Waals surface area contributed by atoms with Crippen molar-refractivity contribution >= 4 is 43.2 Å². The molecule has 0 bridgehead atoms. The highest BCUT2D eigenvalue weighted by molar-refractivity contribution is 9.11. The lowest BCUT2D eigenvalue weighted by Gasteiger charge is -2.23. The van der Waals surface area contributed by atoms with E-state index in [0.29, 0.717) is 5.41 Å². The number of ether oxygens (including phenoxy) is 1. The summed E-state index contributed by atoms with van der Waals surface area (Å²) in [5.41, 5.74) is 0.338. The fourth-order valence-electron chi connectivity index (χ4n) is 1.76. The van der Waals surface area contributed by atoms with Gasteiger partial charge in [-0.15, -0.1) is 11.3 Å². The van der Waals surface area contributed by atoms with Crippen molar-refractivity contribution in [2.45, 2.75) is 12.8 Å². The smallest absolute Gasteiger partial charge is 0.0701 e. The molecule has 0 aromatic carbocycles. The molecule has 14 heavy (non-hydrogen) atoms. The van der Waals surface area contributed by atoms with Crippen LogP contribution < -0.4 is 0 Å². The highest BCUT2D eigenvalue weighted by Gasteiger charge is 2.34. The van der Waals surface area contributed by atoms with Crippen LogP contribution in [0, 0.1) is 5.41 Å². The van der Waals surface area contributed by atoms with E-state index in [4.69, 9.17) is 4.74 Å². The summed E-state index contributed by atoms with van der Waals surface area (Å²) in [5.74, 6) is 0. The van der Waals surface area contributed by atoms with Crippen LogP contribution in [0.4, 0.5) is 0 Å². The fourth-order valence-corrected chi connectivity index (χ4v) is 4.06. The van der Waals surface area contributed by atoms with E-state index in [2.05, 4.69) is 44.0 Å². The molecule has 78 valence electrons. The molecular formula is C10H12Br2OS. The molecule has 1 fully saturated rings. The minimum absolute atomic E-state index is 0.338. The van der Waals surface area contributed by atoms with Crippen LogP contribution in [0.1, 0.15) is 11.3 Å². The number of alkyl halides is 1. The molecule has 1 aliphatic rings. The molecular weight excluding hydrogens is 328 g/mol. The van der Waals surface area contributed by atoms with Gasteiger partial charge in [0.1, 0.15) is 0 Å².